The molecule has 4 rings (SSSR count). The first-order valence-corrected chi connectivity index (χ1v) is 9.52. The molecule has 2 heterocycles. The topological polar surface area (TPSA) is 45.7 Å². The van der Waals surface area contributed by atoms with Crippen molar-refractivity contribution in [2.45, 2.75) is 6.92 Å². The highest BCUT2D eigenvalue weighted by Gasteiger charge is 2.25. The summed E-state index contributed by atoms with van der Waals surface area (Å²) < 4.78 is 6.54. The number of rotatable bonds is 3. The standard InChI is InChI=1S/C20H21N3O2S/c1-14-6-5-9-17-18(14)21-20(26-17)23-12-10-22(11-13-23)19(24)15-7-3-4-8-16(15)25-2/h3-9H,10-13H2,1-2H3. The van der Waals surface area contributed by atoms with Crippen molar-refractivity contribution >= 4 is 32.6 Å². The molecular weight excluding hydrogens is 346 g/mol. The van der Waals surface area contributed by atoms with Crippen LogP contribution in [0.4, 0.5) is 5.13 Å². The van der Waals surface area contributed by atoms with Crippen molar-refractivity contribution in [3.8, 4) is 5.75 Å². The zero-order valence-corrected chi connectivity index (χ0v) is 15.8. The summed E-state index contributed by atoms with van der Waals surface area (Å²) in [6.07, 6.45) is 0. The van der Waals surface area contributed by atoms with Gasteiger partial charge in [0.05, 0.1) is 22.9 Å². The molecule has 2 aromatic carbocycles. The number of anilines is 1. The Morgan fingerprint density at radius 3 is 2.58 bits per heavy atom. The summed E-state index contributed by atoms with van der Waals surface area (Å²) in [4.78, 5) is 21.8. The molecule has 0 atom stereocenters. The van der Waals surface area contributed by atoms with E-state index < -0.39 is 0 Å². The van der Waals surface area contributed by atoms with Gasteiger partial charge in [-0.25, -0.2) is 4.98 Å². The molecule has 1 saturated heterocycles. The molecule has 0 N–H and O–H groups in total. The Bertz CT molecular complexity index is 945. The van der Waals surface area contributed by atoms with Crippen LogP contribution in [0.1, 0.15) is 15.9 Å². The van der Waals surface area contributed by atoms with Crippen LogP contribution in [-0.2, 0) is 0 Å². The summed E-state index contributed by atoms with van der Waals surface area (Å²) >= 11 is 1.72. The molecule has 0 bridgehead atoms. The molecule has 5 nitrogen and oxygen atoms in total. The molecule has 134 valence electrons. The maximum atomic E-state index is 12.8. The van der Waals surface area contributed by atoms with E-state index in [1.165, 1.54) is 10.3 Å². The number of ether oxygens (including phenoxy) is 1. The third-order valence-electron chi connectivity index (χ3n) is 4.78. The van der Waals surface area contributed by atoms with E-state index in [0.29, 0.717) is 24.4 Å². The van der Waals surface area contributed by atoms with Gasteiger partial charge >= 0.3 is 0 Å². The number of para-hydroxylation sites is 2. The lowest BCUT2D eigenvalue weighted by molar-refractivity contribution is 0.0743. The van der Waals surface area contributed by atoms with Crippen LogP contribution in [0.15, 0.2) is 42.5 Å². The molecule has 1 aromatic heterocycles. The van der Waals surface area contributed by atoms with Crippen molar-refractivity contribution in [1.82, 2.24) is 9.88 Å². The van der Waals surface area contributed by atoms with Crippen LogP contribution in [0.3, 0.4) is 0 Å². The number of thiazole rings is 1. The fourth-order valence-corrected chi connectivity index (χ4v) is 4.40. The molecule has 0 saturated carbocycles. The third kappa shape index (κ3) is 3.01. The number of hydrogen-bond donors (Lipinski definition) is 0. The van der Waals surface area contributed by atoms with Crippen LogP contribution in [0.2, 0.25) is 0 Å². The van der Waals surface area contributed by atoms with Gasteiger partial charge in [0.1, 0.15) is 5.75 Å². The Hall–Kier alpha value is -2.60. The van der Waals surface area contributed by atoms with Gasteiger partial charge in [-0.3, -0.25) is 4.79 Å². The van der Waals surface area contributed by atoms with Gasteiger partial charge in [0.15, 0.2) is 5.13 Å². The quantitative estimate of drug-likeness (QED) is 0.710. The number of aromatic nitrogens is 1. The fraction of sp³-hybridized carbons (Fsp3) is 0.300. The number of nitrogens with zero attached hydrogens (tertiary/aromatic N) is 3. The van der Waals surface area contributed by atoms with Gasteiger partial charge in [0.25, 0.3) is 5.91 Å². The van der Waals surface area contributed by atoms with E-state index in [2.05, 4.69) is 30.0 Å². The van der Waals surface area contributed by atoms with Crippen molar-refractivity contribution < 1.29 is 9.53 Å². The second kappa shape index (κ2) is 6.96. The molecule has 1 amide bonds. The van der Waals surface area contributed by atoms with Crippen molar-refractivity contribution in [3.63, 3.8) is 0 Å². The first-order valence-electron chi connectivity index (χ1n) is 8.71. The number of carbonyl (C=O) groups is 1. The van der Waals surface area contributed by atoms with Gasteiger partial charge < -0.3 is 14.5 Å². The van der Waals surface area contributed by atoms with E-state index in [1.54, 1.807) is 18.4 Å². The average Bonchev–Trinajstić information content (AvgIpc) is 3.13. The summed E-state index contributed by atoms with van der Waals surface area (Å²) in [7, 11) is 1.60. The number of aryl methyl sites for hydroxylation is 1. The molecule has 0 unspecified atom stereocenters. The molecule has 6 heteroatoms. The van der Waals surface area contributed by atoms with Crippen molar-refractivity contribution in [2.75, 3.05) is 38.2 Å². The third-order valence-corrected chi connectivity index (χ3v) is 5.87. The van der Waals surface area contributed by atoms with Gasteiger partial charge in [0.2, 0.25) is 0 Å². The van der Waals surface area contributed by atoms with Gasteiger partial charge in [-0.1, -0.05) is 35.6 Å². The molecule has 0 spiro atoms. The number of carbonyl (C=O) groups excluding carboxylic acids is 1. The maximum Gasteiger partial charge on any atom is 0.257 e. The van der Waals surface area contributed by atoms with Crippen molar-refractivity contribution in [2.24, 2.45) is 0 Å². The zero-order chi connectivity index (χ0) is 18.1. The predicted molar refractivity (Wildman–Crippen MR) is 105 cm³/mol. The van der Waals surface area contributed by atoms with Crippen LogP contribution in [0.5, 0.6) is 5.75 Å². The van der Waals surface area contributed by atoms with Crippen LogP contribution in [0, 0.1) is 6.92 Å². The summed E-state index contributed by atoms with van der Waals surface area (Å²) in [6, 6.07) is 13.7. The van der Waals surface area contributed by atoms with E-state index in [-0.39, 0.29) is 5.91 Å². The van der Waals surface area contributed by atoms with Crippen LogP contribution in [-0.4, -0.2) is 49.1 Å². The van der Waals surface area contributed by atoms with Gasteiger partial charge in [-0.15, -0.1) is 0 Å². The molecule has 0 aliphatic carbocycles. The summed E-state index contributed by atoms with van der Waals surface area (Å²) in [5.41, 5.74) is 2.91. The number of piperazine rings is 1. The molecule has 0 radical (unpaired) electrons. The average molecular weight is 367 g/mol. The maximum absolute atomic E-state index is 12.8. The summed E-state index contributed by atoms with van der Waals surface area (Å²) in [6.45, 7) is 5.05. The number of fused-ring (bicyclic) bond motifs is 1. The molecular formula is C20H21N3O2S. The lowest BCUT2D eigenvalue weighted by Crippen LogP contribution is -2.48. The Kier molecular flexibility index (Phi) is 4.51. The van der Waals surface area contributed by atoms with Gasteiger partial charge in [-0.2, -0.15) is 0 Å². The van der Waals surface area contributed by atoms with E-state index in [9.17, 15) is 4.79 Å². The first kappa shape index (κ1) is 16.8. The normalized spacial score (nSPS) is 14.7. The minimum Gasteiger partial charge on any atom is -0.496 e. The second-order valence-corrected chi connectivity index (χ2v) is 7.41. The Labute approximate surface area is 156 Å². The first-order chi connectivity index (χ1) is 12.7. The molecule has 3 aromatic rings. The van der Waals surface area contributed by atoms with Crippen LogP contribution in [0.25, 0.3) is 10.2 Å². The summed E-state index contributed by atoms with van der Waals surface area (Å²) in [5, 5.41) is 1.04. The van der Waals surface area contributed by atoms with Crippen molar-refractivity contribution in [3.05, 3.63) is 53.6 Å². The number of amides is 1. The van der Waals surface area contributed by atoms with Crippen molar-refractivity contribution in [1.29, 1.82) is 0 Å². The Balaban J connectivity index is 1.48. The molecule has 1 fully saturated rings. The highest BCUT2D eigenvalue weighted by atomic mass is 32.1. The molecule has 1 aliphatic heterocycles. The highest BCUT2D eigenvalue weighted by Crippen LogP contribution is 2.31. The van der Waals surface area contributed by atoms with Gasteiger partial charge in [-0.05, 0) is 30.7 Å². The van der Waals surface area contributed by atoms with E-state index in [4.69, 9.17) is 9.72 Å². The largest absolute Gasteiger partial charge is 0.496 e. The monoisotopic (exact) mass is 367 g/mol. The highest BCUT2D eigenvalue weighted by molar-refractivity contribution is 7.22. The lowest BCUT2D eigenvalue weighted by atomic mass is 10.1. The smallest absolute Gasteiger partial charge is 0.257 e. The molecule has 26 heavy (non-hydrogen) atoms. The SMILES string of the molecule is COc1ccccc1C(=O)N1CCN(c2nc3c(C)cccc3s2)CC1. The molecule has 1 aliphatic rings. The minimum atomic E-state index is 0.0299. The second-order valence-electron chi connectivity index (χ2n) is 6.40. The Morgan fingerprint density at radius 2 is 1.85 bits per heavy atom. The van der Waals surface area contributed by atoms with Crippen LogP contribution >= 0.6 is 11.3 Å². The fourth-order valence-electron chi connectivity index (χ4n) is 3.30. The van der Waals surface area contributed by atoms with E-state index >= 15 is 0 Å². The predicted octanol–water partition coefficient (Wildman–Crippen LogP) is 3.58. The van der Waals surface area contributed by atoms with Crippen LogP contribution < -0.4 is 9.64 Å². The van der Waals surface area contributed by atoms with E-state index in [0.717, 1.165) is 23.7 Å². The lowest BCUT2D eigenvalue weighted by Gasteiger charge is -2.34. The van der Waals surface area contributed by atoms with E-state index in [1.807, 2.05) is 29.2 Å². The number of methoxy groups -OCH3 is 1. The zero-order valence-electron chi connectivity index (χ0n) is 14.9. The number of benzene rings is 2. The summed E-state index contributed by atoms with van der Waals surface area (Å²) in [5.74, 6) is 0.656. The number of hydrogen-bond acceptors (Lipinski definition) is 5. The van der Waals surface area contributed by atoms with Gasteiger partial charge in [0, 0.05) is 26.2 Å². The minimum absolute atomic E-state index is 0.0299. The Morgan fingerprint density at radius 1 is 1.08 bits per heavy atom.